The largest absolute Gasteiger partial charge is 0.492 e. The Morgan fingerprint density at radius 3 is 2.56 bits per heavy atom. The maximum Gasteiger partial charge on any atom is 0.240 e. The Labute approximate surface area is 113 Å². The molecule has 0 spiro atoms. The summed E-state index contributed by atoms with van der Waals surface area (Å²) >= 11 is 5.96. The molecule has 0 radical (unpaired) electrons. The number of halogens is 1. The summed E-state index contributed by atoms with van der Waals surface area (Å²) in [5.74, 6) is 0.736. The Balaban J connectivity index is 2.93. The molecule has 0 aromatic heterocycles. The third-order valence-electron chi connectivity index (χ3n) is 2.20. The fourth-order valence-corrected chi connectivity index (χ4v) is 2.82. The van der Waals surface area contributed by atoms with Gasteiger partial charge in [-0.3, -0.25) is 0 Å². The molecule has 0 aliphatic carbocycles. The first-order valence-corrected chi connectivity index (χ1v) is 7.65. The summed E-state index contributed by atoms with van der Waals surface area (Å²) < 4.78 is 31.7. The van der Waals surface area contributed by atoms with Gasteiger partial charge in [-0.15, -0.1) is 0 Å². The van der Waals surface area contributed by atoms with Crippen molar-refractivity contribution in [3.63, 3.8) is 0 Å². The van der Waals surface area contributed by atoms with Crippen LogP contribution < -0.4 is 9.46 Å². The lowest BCUT2D eigenvalue weighted by Crippen LogP contribution is -2.27. The van der Waals surface area contributed by atoms with Crippen molar-refractivity contribution in [1.29, 1.82) is 0 Å². The quantitative estimate of drug-likeness (QED) is 0.877. The molecule has 0 bridgehead atoms. The van der Waals surface area contributed by atoms with Crippen molar-refractivity contribution in [3.8, 4) is 5.75 Å². The van der Waals surface area contributed by atoms with Gasteiger partial charge >= 0.3 is 0 Å². The Morgan fingerprint density at radius 1 is 1.39 bits per heavy atom. The molecule has 1 N–H and O–H groups in total. The third kappa shape index (κ3) is 4.15. The number of hydrogen-bond acceptors (Lipinski definition) is 3. The van der Waals surface area contributed by atoms with E-state index in [4.69, 9.17) is 16.3 Å². The SMILES string of the molecule is CCOc1ccc(S(=O)(=O)NCC(C)C)cc1Cl. The lowest BCUT2D eigenvalue weighted by atomic mass is 10.2. The minimum absolute atomic E-state index is 0.150. The second kappa shape index (κ2) is 6.41. The van der Waals surface area contributed by atoms with E-state index < -0.39 is 10.0 Å². The Kier molecular flexibility index (Phi) is 5.44. The van der Waals surface area contributed by atoms with Crippen LogP contribution in [0.15, 0.2) is 23.1 Å². The molecular formula is C12H18ClNO3S. The molecule has 0 saturated carbocycles. The van der Waals surface area contributed by atoms with Crippen LogP contribution in [0.4, 0.5) is 0 Å². The molecule has 0 saturated heterocycles. The zero-order valence-electron chi connectivity index (χ0n) is 10.7. The number of ether oxygens (including phenoxy) is 1. The van der Waals surface area contributed by atoms with Crippen molar-refractivity contribution in [2.75, 3.05) is 13.2 Å². The average molecular weight is 292 g/mol. The van der Waals surface area contributed by atoms with Crippen molar-refractivity contribution in [1.82, 2.24) is 4.72 Å². The van der Waals surface area contributed by atoms with Crippen LogP contribution in [-0.4, -0.2) is 21.6 Å². The molecule has 0 atom stereocenters. The molecular weight excluding hydrogens is 274 g/mol. The van der Waals surface area contributed by atoms with Gasteiger partial charge in [0.2, 0.25) is 10.0 Å². The standard InChI is InChI=1S/C12H18ClNO3S/c1-4-17-12-6-5-10(7-11(12)13)18(15,16)14-8-9(2)3/h5-7,9,14H,4,8H2,1-3H3. The van der Waals surface area contributed by atoms with Crippen LogP contribution in [0.2, 0.25) is 5.02 Å². The summed E-state index contributed by atoms with van der Waals surface area (Å²) in [5, 5.41) is 0.296. The normalized spacial score (nSPS) is 11.8. The molecule has 0 heterocycles. The van der Waals surface area contributed by atoms with E-state index in [-0.39, 0.29) is 10.8 Å². The number of benzene rings is 1. The maximum atomic E-state index is 11.9. The second-order valence-corrected chi connectivity index (χ2v) is 6.45. The van der Waals surface area contributed by atoms with Gasteiger partial charge in [0.15, 0.2) is 0 Å². The van der Waals surface area contributed by atoms with Crippen LogP contribution in [0, 0.1) is 5.92 Å². The summed E-state index contributed by atoms with van der Waals surface area (Å²) in [6.45, 7) is 6.59. The van der Waals surface area contributed by atoms with Crippen LogP contribution >= 0.6 is 11.6 Å². The zero-order chi connectivity index (χ0) is 13.8. The lowest BCUT2D eigenvalue weighted by Gasteiger charge is -2.10. The van der Waals surface area contributed by atoms with E-state index in [1.807, 2.05) is 20.8 Å². The van der Waals surface area contributed by atoms with Gasteiger partial charge in [-0.1, -0.05) is 25.4 Å². The second-order valence-electron chi connectivity index (χ2n) is 4.27. The van der Waals surface area contributed by atoms with Gasteiger partial charge in [-0.25, -0.2) is 13.1 Å². The smallest absolute Gasteiger partial charge is 0.240 e. The van der Waals surface area contributed by atoms with E-state index in [0.717, 1.165) is 0 Å². The minimum Gasteiger partial charge on any atom is -0.492 e. The molecule has 1 aromatic carbocycles. The van der Waals surface area contributed by atoms with Crippen LogP contribution in [-0.2, 0) is 10.0 Å². The summed E-state index contributed by atoms with van der Waals surface area (Å²) in [5.41, 5.74) is 0. The van der Waals surface area contributed by atoms with Crippen LogP contribution in [0.25, 0.3) is 0 Å². The highest BCUT2D eigenvalue weighted by Gasteiger charge is 2.16. The molecule has 18 heavy (non-hydrogen) atoms. The first kappa shape index (κ1) is 15.3. The molecule has 1 aromatic rings. The molecule has 6 heteroatoms. The first-order chi connectivity index (χ1) is 8.36. The van der Waals surface area contributed by atoms with Crippen LogP contribution in [0.3, 0.4) is 0 Å². The number of hydrogen-bond donors (Lipinski definition) is 1. The number of nitrogens with one attached hydrogen (secondary N) is 1. The van der Waals surface area contributed by atoms with Crippen molar-refractivity contribution in [2.45, 2.75) is 25.7 Å². The van der Waals surface area contributed by atoms with Gasteiger partial charge in [0.25, 0.3) is 0 Å². The first-order valence-electron chi connectivity index (χ1n) is 5.79. The summed E-state index contributed by atoms with van der Waals surface area (Å²) in [7, 11) is -3.50. The molecule has 0 unspecified atom stereocenters. The molecule has 0 fully saturated rings. The van der Waals surface area contributed by atoms with Crippen molar-refractivity contribution in [3.05, 3.63) is 23.2 Å². The molecule has 102 valence electrons. The predicted molar refractivity (Wildman–Crippen MR) is 72.6 cm³/mol. The molecule has 1 rings (SSSR count). The van der Waals surface area contributed by atoms with E-state index >= 15 is 0 Å². The van der Waals surface area contributed by atoms with E-state index in [1.165, 1.54) is 12.1 Å². The van der Waals surface area contributed by atoms with Crippen LogP contribution in [0.1, 0.15) is 20.8 Å². The summed E-state index contributed by atoms with van der Waals surface area (Å²) in [4.78, 5) is 0.150. The van der Waals surface area contributed by atoms with Gasteiger partial charge in [-0.05, 0) is 31.0 Å². The Bertz CT molecular complexity index is 500. The average Bonchev–Trinajstić information content (AvgIpc) is 2.29. The molecule has 4 nitrogen and oxygen atoms in total. The Morgan fingerprint density at radius 2 is 2.06 bits per heavy atom. The van der Waals surface area contributed by atoms with Gasteiger partial charge in [0.1, 0.15) is 5.75 Å². The molecule has 0 aliphatic rings. The van der Waals surface area contributed by atoms with Crippen molar-refractivity contribution in [2.24, 2.45) is 5.92 Å². The van der Waals surface area contributed by atoms with E-state index in [0.29, 0.717) is 23.9 Å². The van der Waals surface area contributed by atoms with Gasteiger partial charge in [0, 0.05) is 6.54 Å². The number of rotatable bonds is 6. The number of sulfonamides is 1. The van der Waals surface area contributed by atoms with E-state index in [2.05, 4.69) is 4.72 Å². The highest BCUT2D eigenvalue weighted by molar-refractivity contribution is 7.89. The Hall–Kier alpha value is -0.780. The van der Waals surface area contributed by atoms with E-state index in [9.17, 15) is 8.42 Å². The summed E-state index contributed by atoms with van der Waals surface area (Å²) in [6, 6.07) is 4.45. The molecule has 0 amide bonds. The summed E-state index contributed by atoms with van der Waals surface area (Å²) in [6.07, 6.45) is 0. The van der Waals surface area contributed by atoms with Gasteiger partial charge in [0.05, 0.1) is 16.5 Å². The highest BCUT2D eigenvalue weighted by atomic mass is 35.5. The van der Waals surface area contributed by atoms with Gasteiger partial charge < -0.3 is 4.74 Å². The van der Waals surface area contributed by atoms with Crippen LogP contribution in [0.5, 0.6) is 5.75 Å². The lowest BCUT2D eigenvalue weighted by molar-refractivity contribution is 0.340. The van der Waals surface area contributed by atoms with Crippen molar-refractivity contribution >= 4 is 21.6 Å². The molecule has 0 aliphatic heterocycles. The predicted octanol–water partition coefficient (Wildman–Crippen LogP) is 2.67. The monoisotopic (exact) mass is 291 g/mol. The minimum atomic E-state index is -3.50. The maximum absolute atomic E-state index is 11.9. The fourth-order valence-electron chi connectivity index (χ4n) is 1.28. The van der Waals surface area contributed by atoms with Gasteiger partial charge in [-0.2, -0.15) is 0 Å². The van der Waals surface area contributed by atoms with E-state index in [1.54, 1.807) is 6.07 Å². The fraction of sp³-hybridized carbons (Fsp3) is 0.500. The van der Waals surface area contributed by atoms with Crippen molar-refractivity contribution < 1.29 is 13.2 Å². The zero-order valence-corrected chi connectivity index (χ0v) is 12.3. The topological polar surface area (TPSA) is 55.4 Å². The highest BCUT2D eigenvalue weighted by Crippen LogP contribution is 2.27. The third-order valence-corrected chi connectivity index (χ3v) is 3.91.